The second-order valence-electron chi connectivity index (χ2n) is 8.44. The van der Waals surface area contributed by atoms with Gasteiger partial charge in [-0.25, -0.2) is 0 Å². The lowest BCUT2D eigenvalue weighted by atomic mass is 9.79. The predicted octanol–water partition coefficient (Wildman–Crippen LogP) is 4.58. The van der Waals surface area contributed by atoms with Crippen LogP contribution in [0.2, 0.25) is 0 Å². The van der Waals surface area contributed by atoms with E-state index < -0.39 is 5.92 Å². The van der Waals surface area contributed by atoms with Gasteiger partial charge in [0.15, 0.2) is 0 Å². The topological polar surface area (TPSA) is 80.9 Å². The molecule has 0 atom stereocenters. The van der Waals surface area contributed by atoms with Crippen molar-refractivity contribution in [3.05, 3.63) is 92.5 Å². The summed E-state index contributed by atoms with van der Waals surface area (Å²) in [6, 6.07) is 13.8. The van der Waals surface area contributed by atoms with Crippen molar-refractivity contribution >= 4 is 0 Å². The highest BCUT2D eigenvalue weighted by atomic mass is 16.3. The molecule has 0 radical (unpaired) electrons. The Bertz CT molecular complexity index is 1020. The van der Waals surface area contributed by atoms with Crippen molar-refractivity contribution in [3.63, 3.8) is 0 Å². The Morgan fingerprint density at radius 2 is 1.10 bits per heavy atom. The van der Waals surface area contributed by atoms with E-state index in [2.05, 4.69) is 12.1 Å². The minimum Gasteiger partial charge on any atom is -0.507 e. The van der Waals surface area contributed by atoms with Crippen molar-refractivity contribution in [1.82, 2.24) is 0 Å². The van der Waals surface area contributed by atoms with Crippen LogP contribution in [0.25, 0.3) is 0 Å². The van der Waals surface area contributed by atoms with Gasteiger partial charge >= 0.3 is 0 Å². The van der Waals surface area contributed by atoms with Gasteiger partial charge in [0.05, 0.1) is 0 Å². The summed E-state index contributed by atoms with van der Waals surface area (Å²) in [5.41, 5.74) is 7.95. The van der Waals surface area contributed by atoms with Crippen LogP contribution in [0.4, 0.5) is 0 Å². The Morgan fingerprint density at radius 1 is 0.613 bits per heavy atom. The van der Waals surface area contributed by atoms with E-state index in [-0.39, 0.29) is 24.7 Å². The number of phenolic OH excluding ortho intramolecular Hbond substituents is 2. The highest BCUT2D eigenvalue weighted by Gasteiger charge is 2.27. The first kappa shape index (κ1) is 22.9. The van der Waals surface area contributed by atoms with Gasteiger partial charge in [0.25, 0.3) is 0 Å². The third-order valence-electron chi connectivity index (χ3n) is 5.94. The number of aryl methyl sites for hydroxylation is 4. The van der Waals surface area contributed by atoms with Gasteiger partial charge in [-0.2, -0.15) is 0 Å². The van der Waals surface area contributed by atoms with E-state index in [0.717, 1.165) is 38.9 Å². The van der Waals surface area contributed by atoms with Gasteiger partial charge < -0.3 is 20.4 Å². The van der Waals surface area contributed by atoms with Crippen LogP contribution in [0.5, 0.6) is 11.5 Å². The summed E-state index contributed by atoms with van der Waals surface area (Å²) in [5.74, 6) is -0.0113. The SMILES string of the molecule is Cc1ccc(C(c2cc(CCO)cc(C)c2O)c2cc(CCO)cc(C)c2O)c(C)c1. The Hall–Kier alpha value is -2.82. The van der Waals surface area contributed by atoms with Gasteiger partial charge in [0, 0.05) is 30.3 Å². The van der Waals surface area contributed by atoms with Crippen LogP contribution < -0.4 is 0 Å². The van der Waals surface area contributed by atoms with Crippen molar-refractivity contribution in [3.8, 4) is 11.5 Å². The van der Waals surface area contributed by atoms with Crippen LogP contribution in [0.3, 0.4) is 0 Å². The first-order valence-electron chi connectivity index (χ1n) is 10.7. The molecule has 4 N–H and O–H groups in total. The summed E-state index contributed by atoms with van der Waals surface area (Å²) < 4.78 is 0. The second kappa shape index (κ2) is 9.54. The predicted molar refractivity (Wildman–Crippen MR) is 124 cm³/mol. The number of aliphatic hydroxyl groups is 2. The van der Waals surface area contributed by atoms with Crippen LogP contribution in [0, 0.1) is 27.7 Å². The molecule has 4 nitrogen and oxygen atoms in total. The second-order valence-corrected chi connectivity index (χ2v) is 8.44. The summed E-state index contributed by atoms with van der Waals surface area (Å²) in [4.78, 5) is 0. The highest BCUT2D eigenvalue weighted by Crippen LogP contribution is 2.44. The molecule has 3 aromatic carbocycles. The molecule has 0 bridgehead atoms. The van der Waals surface area contributed by atoms with Gasteiger partial charge in [-0.1, -0.05) is 48.0 Å². The monoisotopic (exact) mass is 420 g/mol. The lowest BCUT2D eigenvalue weighted by molar-refractivity contribution is 0.299. The zero-order valence-corrected chi connectivity index (χ0v) is 18.7. The number of benzene rings is 3. The van der Waals surface area contributed by atoms with Gasteiger partial charge in [-0.05, 0) is 73.9 Å². The fourth-order valence-electron chi connectivity index (χ4n) is 4.41. The molecule has 0 aliphatic heterocycles. The molecule has 31 heavy (non-hydrogen) atoms. The molecule has 164 valence electrons. The lowest BCUT2D eigenvalue weighted by Gasteiger charge is -2.25. The van der Waals surface area contributed by atoms with Gasteiger partial charge in [0.2, 0.25) is 0 Å². The maximum Gasteiger partial charge on any atom is 0.122 e. The zero-order valence-electron chi connectivity index (χ0n) is 18.7. The molecule has 3 rings (SSSR count). The summed E-state index contributed by atoms with van der Waals surface area (Å²) in [6.45, 7) is 7.83. The zero-order chi connectivity index (χ0) is 22.7. The lowest BCUT2D eigenvalue weighted by Crippen LogP contribution is -2.09. The van der Waals surface area contributed by atoms with Crippen LogP contribution in [0.1, 0.15) is 56.0 Å². The maximum absolute atomic E-state index is 11.1. The molecule has 0 aliphatic carbocycles. The number of phenols is 2. The van der Waals surface area contributed by atoms with Crippen LogP contribution in [0.15, 0.2) is 42.5 Å². The van der Waals surface area contributed by atoms with Crippen molar-refractivity contribution in [1.29, 1.82) is 0 Å². The number of rotatable bonds is 7. The van der Waals surface area contributed by atoms with Gasteiger partial charge in [-0.15, -0.1) is 0 Å². The summed E-state index contributed by atoms with van der Waals surface area (Å²) in [7, 11) is 0. The molecule has 0 aromatic heterocycles. The molecule has 0 saturated heterocycles. The van der Waals surface area contributed by atoms with Gasteiger partial charge in [0.1, 0.15) is 11.5 Å². The standard InChI is InChI=1S/C27H32O4/c1-16-5-6-22(17(2)11-16)25(23-14-20(7-9-28)12-18(3)26(23)30)24-15-21(8-10-29)13-19(4)27(24)31/h5-6,11-15,25,28-31H,7-10H2,1-4H3. The molecular weight excluding hydrogens is 388 g/mol. The number of hydrogen-bond donors (Lipinski definition) is 4. The molecular formula is C27H32O4. The minimum absolute atomic E-state index is 0.0220. The normalized spacial score (nSPS) is 11.3. The largest absolute Gasteiger partial charge is 0.507 e. The number of hydrogen-bond acceptors (Lipinski definition) is 4. The Morgan fingerprint density at radius 3 is 1.52 bits per heavy atom. The fraction of sp³-hybridized carbons (Fsp3) is 0.333. The van der Waals surface area contributed by atoms with Crippen LogP contribution >= 0.6 is 0 Å². The van der Waals surface area contributed by atoms with Crippen molar-refractivity contribution in [2.24, 2.45) is 0 Å². The molecule has 0 aliphatic rings. The average Bonchev–Trinajstić information content (AvgIpc) is 2.71. The van der Waals surface area contributed by atoms with E-state index in [1.807, 2.05) is 58.0 Å². The van der Waals surface area contributed by atoms with Crippen molar-refractivity contribution < 1.29 is 20.4 Å². The molecule has 0 fully saturated rings. The highest BCUT2D eigenvalue weighted by molar-refractivity contribution is 5.59. The summed E-state index contributed by atoms with van der Waals surface area (Å²) >= 11 is 0. The van der Waals surface area contributed by atoms with E-state index in [4.69, 9.17) is 0 Å². The van der Waals surface area contributed by atoms with Crippen molar-refractivity contribution in [2.75, 3.05) is 13.2 Å². The van der Waals surface area contributed by atoms with E-state index >= 15 is 0 Å². The average molecular weight is 421 g/mol. The molecule has 0 saturated carbocycles. The Balaban J connectivity index is 2.36. The molecule has 0 unspecified atom stereocenters. The Kier molecular flexibility index (Phi) is 7.04. The van der Waals surface area contributed by atoms with Crippen LogP contribution in [-0.2, 0) is 12.8 Å². The minimum atomic E-state index is -0.393. The van der Waals surface area contributed by atoms with E-state index in [1.165, 1.54) is 0 Å². The first-order chi connectivity index (χ1) is 14.8. The van der Waals surface area contributed by atoms with Crippen molar-refractivity contribution in [2.45, 2.75) is 46.5 Å². The molecule has 4 heteroatoms. The Labute approximate surface area is 184 Å². The maximum atomic E-state index is 11.1. The van der Waals surface area contributed by atoms with Gasteiger partial charge in [-0.3, -0.25) is 0 Å². The number of aliphatic hydroxyl groups excluding tert-OH is 2. The van der Waals surface area contributed by atoms with E-state index in [9.17, 15) is 20.4 Å². The molecule has 0 heterocycles. The number of aromatic hydroxyl groups is 2. The first-order valence-corrected chi connectivity index (χ1v) is 10.7. The van der Waals surface area contributed by atoms with E-state index in [1.54, 1.807) is 0 Å². The van der Waals surface area contributed by atoms with E-state index in [0.29, 0.717) is 24.0 Å². The fourth-order valence-corrected chi connectivity index (χ4v) is 4.41. The summed E-state index contributed by atoms with van der Waals surface area (Å²) in [6.07, 6.45) is 0.979. The molecule has 3 aromatic rings. The molecule has 0 spiro atoms. The third kappa shape index (κ3) is 4.76. The smallest absolute Gasteiger partial charge is 0.122 e. The van der Waals surface area contributed by atoms with Crippen LogP contribution in [-0.4, -0.2) is 33.6 Å². The molecule has 0 amide bonds. The summed E-state index contributed by atoms with van der Waals surface area (Å²) in [5, 5.41) is 41.1. The quantitative estimate of drug-likeness (QED) is 0.422. The third-order valence-corrected chi connectivity index (χ3v) is 5.94.